The molecule has 0 atom stereocenters. The molecule has 7 heteroatoms. The number of halogens is 2. The van der Waals surface area contributed by atoms with Gasteiger partial charge in [0.1, 0.15) is 5.82 Å². The SMILES string of the molecule is COC(=O)CCCCCNC(=O)Nc1ccc(Cl)c(F)c1. The van der Waals surface area contributed by atoms with Crippen molar-refractivity contribution < 1.29 is 18.7 Å². The van der Waals surface area contributed by atoms with Gasteiger partial charge in [-0.3, -0.25) is 4.79 Å². The van der Waals surface area contributed by atoms with E-state index in [4.69, 9.17) is 11.6 Å². The van der Waals surface area contributed by atoms with Crippen LogP contribution >= 0.6 is 11.6 Å². The fraction of sp³-hybridized carbons (Fsp3) is 0.429. The van der Waals surface area contributed by atoms with Gasteiger partial charge < -0.3 is 15.4 Å². The van der Waals surface area contributed by atoms with Crippen LogP contribution in [0, 0.1) is 5.82 Å². The minimum absolute atomic E-state index is 0.00608. The maximum atomic E-state index is 13.2. The summed E-state index contributed by atoms with van der Waals surface area (Å²) in [7, 11) is 1.35. The second kappa shape index (κ2) is 9.18. The zero-order valence-electron chi connectivity index (χ0n) is 11.7. The molecule has 0 spiro atoms. The van der Waals surface area contributed by atoms with E-state index in [0.717, 1.165) is 25.3 Å². The number of anilines is 1. The van der Waals surface area contributed by atoms with Gasteiger partial charge in [0.2, 0.25) is 0 Å². The first-order valence-electron chi connectivity index (χ1n) is 6.59. The van der Waals surface area contributed by atoms with Crippen molar-refractivity contribution in [3.05, 3.63) is 29.0 Å². The van der Waals surface area contributed by atoms with E-state index in [9.17, 15) is 14.0 Å². The monoisotopic (exact) mass is 316 g/mol. The Morgan fingerprint density at radius 2 is 2.05 bits per heavy atom. The van der Waals surface area contributed by atoms with Crippen LogP contribution in [0.25, 0.3) is 0 Å². The predicted molar refractivity (Wildman–Crippen MR) is 78.9 cm³/mol. The number of ether oxygens (including phenoxy) is 1. The molecule has 0 fully saturated rings. The van der Waals surface area contributed by atoms with Gasteiger partial charge in [-0.1, -0.05) is 18.0 Å². The van der Waals surface area contributed by atoms with E-state index in [1.54, 1.807) is 0 Å². The van der Waals surface area contributed by atoms with Crippen molar-refractivity contribution in [2.75, 3.05) is 19.0 Å². The van der Waals surface area contributed by atoms with Crippen LogP contribution < -0.4 is 10.6 Å². The highest BCUT2D eigenvalue weighted by Crippen LogP contribution is 2.18. The van der Waals surface area contributed by atoms with E-state index in [-0.39, 0.29) is 11.0 Å². The van der Waals surface area contributed by atoms with Crippen molar-refractivity contribution in [1.82, 2.24) is 5.32 Å². The molecule has 0 aliphatic carbocycles. The van der Waals surface area contributed by atoms with Crippen LogP contribution in [-0.2, 0) is 9.53 Å². The normalized spacial score (nSPS) is 10.0. The Kier molecular flexibility index (Phi) is 7.53. The van der Waals surface area contributed by atoms with E-state index < -0.39 is 11.8 Å². The zero-order chi connectivity index (χ0) is 15.7. The van der Waals surface area contributed by atoms with Gasteiger partial charge in [0.15, 0.2) is 0 Å². The quantitative estimate of drug-likeness (QED) is 0.599. The summed E-state index contributed by atoms with van der Waals surface area (Å²) in [4.78, 5) is 22.4. The Hall–Kier alpha value is -1.82. The first-order valence-corrected chi connectivity index (χ1v) is 6.97. The van der Waals surface area contributed by atoms with Crippen molar-refractivity contribution >= 4 is 29.3 Å². The number of carbonyl (C=O) groups excluding carboxylic acids is 2. The summed E-state index contributed by atoms with van der Waals surface area (Å²) >= 11 is 5.55. The maximum absolute atomic E-state index is 13.2. The molecule has 2 N–H and O–H groups in total. The fourth-order valence-corrected chi connectivity index (χ4v) is 1.74. The third-order valence-electron chi connectivity index (χ3n) is 2.75. The summed E-state index contributed by atoms with van der Waals surface area (Å²) in [5.74, 6) is -0.817. The third-order valence-corrected chi connectivity index (χ3v) is 3.05. The molecule has 0 unspecified atom stereocenters. The van der Waals surface area contributed by atoms with Crippen LogP contribution in [0.3, 0.4) is 0 Å². The van der Waals surface area contributed by atoms with Gasteiger partial charge in [0.25, 0.3) is 0 Å². The molecule has 116 valence electrons. The number of urea groups is 1. The Bertz CT molecular complexity index is 497. The Morgan fingerprint density at radius 1 is 1.29 bits per heavy atom. The minimum Gasteiger partial charge on any atom is -0.469 e. The van der Waals surface area contributed by atoms with Crippen LogP contribution in [0.2, 0.25) is 5.02 Å². The Balaban J connectivity index is 2.16. The molecule has 0 radical (unpaired) electrons. The van der Waals surface area contributed by atoms with Gasteiger partial charge in [-0.05, 0) is 31.0 Å². The summed E-state index contributed by atoms with van der Waals surface area (Å²) in [5.41, 5.74) is 0.333. The number of amides is 2. The van der Waals surface area contributed by atoms with Crippen LogP contribution in [0.1, 0.15) is 25.7 Å². The van der Waals surface area contributed by atoms with Gasteiger partial charge >= 0.3 is 12.0 Å². The van der Waals surface area contributed by atoms with Crippen LogP contribution in [0.5, 0.6) is 0 Å². The highest BCUT2D eigenvalue weighted by Gasteiger charge is 2.05. The second-order valence-corrected chi connectivity index (χ2v) is 4.80. The number of hydrogen-bond donors (Lipinski definition) is 2. The number of carbonyl (C=O) groups is 2. The molecule has 21 heavy (non-hydrogen) atoms. The lowest BCUT2D eigenvalue weighted by molar-refractivity contribution is -0.140. The summed E-state index contributed by atoms with van der Waals surface area (Å²) < 4.78 is 17.7. The summed E-state index contributed by atoms with van der Waals surface area (Å²) in [5, 5.41) is 5.16. The first kappa shape index (κ1) is 17.2. The number of esters is 1. The number of unbranched alkanes of at least 4 members (excludes halogenated alkanes) is 2. The topological polar surface area (TPSA) is 67.4 Å². The fourth-order valence-electron chi connectivity index (χ4n) is 1.62. The molecule has 0 saturated heterocycles. The van der Waals surface area contributed by atoms with E-state index >= 15 is 0 Å². The van der Waals surface area contributed by atoms with E-state index in [0.29, 0.717) is 18.7 Å². The number of rotatable bonds is 7. The van der Waals surface area contributed by atoms with Gasteiger partial charge in [-0.2, -0.15) is 0 Å². The highest BCUT2D eigenvalue weighted by atomic mass is 35.5. The van der Waals surface area contributed by atoms with Gasteiger partial charge in [-0.25, -0.2) is 9.18 Å². The summed E-state index contributed by atoms with van der Waals surface area (Å²) in [6.45, 7) is 0.475. The van der Waals surface area contributed by atoms with Crippen molar-refractivity contribution in [3.8, 4) is 0 Å². The van der Waals surface area contributed by atoms with E-state index in [1.165, 1.54) is 19.2 Å². The smallest absolute Gasteiger partial charge is 0.319 e. The van der Waals surface area contributed by atoms with Crippen LogP contribution in [-0.4, -0.2) is 25.7 Å². The minimum atomic E-state index is -0.586. The lowest BCUT2D eigenvalue weighted by Crippen LogP contribution is -2.29. The average molecular weight is 317 g/mol. The number of methoxy groups -OCH3 is 1. The highest BCUT2D eigenvalue weighted by molar-refractivity contribution is 6.30. The molecule has 1 rings (SSSR count). The molecule has 2 amide bonds. The van der Waals surface area contributed by atoms with Crippen molar-refractivity contribution in [2.24, 2.45) is 0 Å². The van der Waals surface area contributed by atoms with Crippen molar-refractivity contribution in [1.29, 1.82) is 0 Å². The number of nitrogens with one attached hydrogen (secondary N) is 2. The summed E-state index contributed by atoms with van der Waals surface area (Å²) in [6, 6.07) is 3.63. The molecular weight excluding hydrogens is 299 g/mol. The molecule has 0 aliphatic heterocycles. The third kappa shape index (κ3) is 6.94. The first-order chi connectivity index (χ1) is 10.0. The lowest BCUT2D eigenvalue weighted by Gasteiger charge is -2.08. The van der Waals surface area contributed by atoms with Crippen LogP contribution in [0.15, 0.2) is 18.2 Å². The summed E-state index contributed by atoms with van der Waals surface area (Å²) in [6.07, 6.45) is 2.66. The van der Waals surface area contributed by atoms with Crippen LogP contribution in [0.4, 0.5) is 14.9 Å². The van der Waals surface area contributed by atoms with Gasteiger partial charge in [-0.15, -0.1) is 0 Å². The van der Waals surface area contributed by atoms with Gasteiger partial charge in [0, 0.05) is 18.7 Å². The zero-order valence-corrected chi connectivity index (χ0v) is 12.5. The maximum Gasteiger partial charge on any atom is 0.319 e. The standard InChI is InChI=1S/C14H18ClFN2O3/c1-21-13(19)5-3-2-4-8-17-14(20)18-10-6-7-11(15)12(16)9-10/h6-7,9H,2-5,8H2,1H3,(H2,17,18,20). The molecule has 1 aromatic rings. The lowest BCUT2D eigenvalue weighted by atomic mass is 10.2. The van der Waals surface area contributed by atoms with Crippen molar-refractivity contribution in [3.63, 3.8) is 0 Å². The molecule has 5 nitrogen and oxygen atoms in total. The molecule has 0 saturated carbocycles. The van der Waals surface area contributed by atoms with E-state index in [1.807, 2.05) is 0 Å². The molecule has 0 aliphatic rings. The molecule has 1 aromatic carbocycles. The number of hydrogen-bond acceptors (Lipinski definition) is 3. The Labute approximate surface area is 127 Å². The largest absolute Gasteiger partial charge is 0.469 e. The number of benzene rings is 1. The molecule has 0 bridgehead atoms. The van der Waals surface area contributed by atoms with Crippen molar-refractivity contribution in [2.45, 2.75) is 25.7 Å². The Morgan fingerprint density at radius 3 is 2.71 bits per heavy atom. The molecule has 0 aromatic heterocycles. The average Bonchev–Trinajstić information content (AvgIpc) is 2.46. The molecular formula is C14H18ClFN2O3. The molecule has 0 heterocycles. The van der Waals surface area contributed by atoms with Gasteiger partial charge in [0.05, 0.1) is 12.1 Å². The van der Waals surface area contributed by atoms with E-state index in [2.05, 4.69) is 15.4 Å². The second-order valence-electron chi connectivity index (χ2n) is 4.40. The predicted octanol–water partition coefficient (Wildman–Crippen LogP) is 3.33.